The first kappa shape index (κ1) is 17.1. The Labute approximate surface area is 164 Å². The Morgan fingerprint density at radius 2 is 2.11 bits per heavy atom. The van der Waals surface area contributed by atoms with Gasteiger partial charge in [-0.3, -0.25) is 10.4 Å². The van der Waals surface area contributed by atoms with E-state index in [9.17, 15) is 0 Å². The molecule has 0 bridgehead atoms. The van der Waals surface area contributed by atoms with Gasteiger partial charge in [0.1, 0.15) is 11.6 Å². The van der Waals surface area contributed by atoms with Gasteiger partial charge in [-0.15, -0.1) is 0 Å². The lowest BCUT2D eigenvalue weighted by Gasteiger charge is -2.29. The highest BCUT2D eigenvalue weighted by atomic mass is 15.5. The lowest BCUT2D eigenvalue weighted by atomic mass is 9.79. The third-order valence-electron chi connectivity index (χ3n) is 5.66. The average Bonchev–Trinajstić information content (AvgIpc) is 2.98. The number of rotatable bonds is 4. The van der Waals surface area contributed by atoms with E-state index in [0.717, 1.165) is 28.2 Å². The second-order valence-electron chi connectivity index (χ2n) is 7.73. The van der Waals surface area contributed by atoms with Crippen LogP contribution in [0.4, 0.5) is 5.82 Å². The molecule has 5 rings (SSSR count). The molecule has 1 saturated carbocycles. The molecule has 0 amide bonds. The van der Waals surface area contributed by atoms with E-state index in [2.05, 4.69) is 58.0 Å². The van der Waals surface area contributed by atoms with Gasteiger partial charge in [-0.1, -0.05) is 6.42 Å². The maximum atomic E-state index is 4.79. The molecule has 144 valence electrons. The van der Waals surface area contributed by atoms with E-state index in [4.69, 9.17) is 4.98 Å². The van der Waals surface area contributed by atoms with Crippen LogP contribution in [0.1, 0.15) is 31.7 Å². The molecule has 7 nitrogen and oxygen atoms in total. The number of fused-ring (bicyclic) bond motifs is 1. The fraction of sp³-hybridized carbons (Fsp3) is 0.333. The Hall–Kier alpha value is -3.06. The van der Waals surface area contributed by atoms with Crippen LogP contribution in [0, 0.1) is 5.92 Å². The lowest BCUT2D eigenvalue weighted by Crippen LogP contribution is -2.34. The molecule has 3 aliphatic rings. The largest absolute Gasteiger partial charge is 0.325 e. The van der Waals surface area contributed by atoms with E-state index < -0.39 is 0 Å². The second-order valence-corrected chi connectivity index (χ2v) is 7.73. The molecule has 1 fully saturated rings. The molecule has 0 saturated heterocycles. The number of pyridine rings is 2. The summed E-state index contributed by atoms with van der Waals surface area (Å²) in [5.74, 6) is 2.39. The van der Waals surface area contributed by atoms with Crippen molar-refractivity contribution in [3.63, 3.8) is 0 Å². The van der Waals surface area contributed by atoms with Gasteiger partial charge in [0, 0.05) is 31.2 Å². The Balaban J connectivity index is 1.40. The van der Waals surface area contributed by atoms with Gasteiger partial charge in [-0.25, -0.2) is 10.4 Å². The maximum absolute atomic E-state index is 4.79. The first-order valence-electron chi connectivity index (χ1n) is 9.84. The van der Waals surface area contributed by atoms with E-state index in [1.54, 1.807) is 0 Å². The minimum Gasteiger partial charge on any atom is -0.325 e. The molecule has 2 aromatic rings. The molecule has 2 aromatic heterocycles. The molecule has 0 aromatic carbocycles. The van der Waals surface area contributed by atoms with Crippen LogP contribution in [0.15, 0.2) is 54.3 Å². The van der Waals surface area contributed by atoms with Crippen LogP contribution in [0.5, 0.6) is 0 Å². The first-order valence-corrected chi connectivity index (χ1v) is 9.84. The van der Waals surface area contributed by atoms with Crippen molar-refractivity contribution in [1.82, 2.24) is 31.3 Å². The van der Waals surface area contributed by atoms with Gasteiger partial charge >= 0.3 is 0 Å². The zero-order chi connectivity index (χ0) is 19.1. The van der Waals surface area contributed by atoms with Crippen molar-refractivity contribution in [1.29, 1.82) is 0 Å². The molecule has 4 N–H and O–H groups in total. The summed E-state index contributed by atoms with van der Waals surface area (Å²) in [6.07, 6.45) is 12.1. The lowest BCUT2D eigenvalue weighted by molar-refractivity contribution is 0.340. The van der Waals surface area contributed by atoms with Gasteiger partial charge < -0.3 is 15.8 Å². The van der Waals surface area contributed by atoms with Gasteiger partial charge in [0.2, 0.25) is 0 Å². The van der Waals surface area contributed by atoms with Gasteiger partial charge in [-0.2, -0.15) is 0 Å². The minimum atomic E-state index is 0.255. The predicted octanol–water partition coefficient (Wildman–Crippen LogP) is 2.85. The molecular weight excluding hydrogens is 350 g/mol. The number of anilines is 1. The maximum Gasteiger partial charge on any atom is 0.132 e. The van der Waals surface area contributed by atoms with Crippen molar-refractivity contribution >= 4 is 22.4 Å². The van der Waals surface area contributed by atoms with Crippen LogP contribution >= 0.6 is 0 Å². The van der Waals surface area contributed by atoms with Gasteiger partial charge in [0.15, 0.2) is 0 Å². The number of hydrogen-bond donors (Lipinski definition) is 4. The summed E-state index contributed by atoms with van der Waals surface area (Å²) in [4.78, 5) is 9.38. The Morgan fingerprint density at radius 1 is 1.21 bits per heavy atom. The van der Waals surface area contributed by atoms with E-state index in [-0.39, 0.29) is 6.04 Å². The third-order valence-corrected chi connectivity index (χ3v) is 5.66. The number of allylic oxidation sites excluding steroid dienone is 2. The molecule has 1 aliphatic carbocycles. The zero-order valence-corrected chi connectivity index (χ0v) is 16.2. The highest BCUT2D eigenvalue weighted by Gasteiger charge is 2.22. The summed E-state index contributed by atoms with van der Waals surface area (Å²) < 4.78 is 0. The molecule has 28 heavy (non-hydrogen) atoms. The highest BCUT2D eigenvalue weighted by molar-refractivity contribution is 5.82. The van der Waals surface area contributed by atoms with Gasteiger partial charge in [0.25, 0.3) is 0 Å². The fourth-order valence-electron chi connectivity index (χ4n) is 3.92. The number of hydrazine groups is 2. The van der Waals surface area contributed by atoms with Crippen molar-refractivity contribution in [3.8, 4) is 0 Å². The van der Waals surface area contributed by atoms with Crippen LogP contribution in [-0.2, 0) is 0 Å². The van der Waals surface area contributed by atoms with Crippen molar-refractivity contribution in [2.45, 2.75) is 32.2 Å². The molecule has 1 atom stereocenters. The van der Waals surface area contributed by atoms with Crippen molar-refractivity contribution in [2.24, 2.45) is 5.92 Å². The molecule has 1 unspecified atom stereocenters. The van der Waals surface area contributed by atoms with Crippen LogP contribution in [-0.4, -0.2) is 28.1 Å². The monoisotopic (exact) mass is 375 g/mol. The summed E-state index contributed by atoms with van der Waals surface area (Å²) >= 11 is 0. The molecular formula is C21H25N7. The Bertz CT molecular complexity index is 1000. The van der Waals surface area contributed by atoms with Crippen LogP contribution in [0.3, 0.4) is 0 Å². The van der Waals surface area contributed by atoms with E-state index in [0.29, 0.717) is 5.92 Å². The summed E-state index contributed by atoms with van der Waals surface area (Å²) in [5.41, 5.74) is 15.1. The van der Waals surface area contributed by atoms with E-state index >= 15 is 0 Å². The van der Waals surface area contributed by atoms with Crippen molar-refractivity contribution < 1.29 is 0 Å². The smallest absolute Gasteiger partial charge is 0.132 e. The second kappa shape index (κ2) is 6.83. The third kappa shape index (κ3) is 3.18. The SMILES string of the molecule is CC1NN(C)C=C1c1cnc2ccc(NC3=CC(C4CCC4)=CNN3)nc2c1. The average molecular weight is 375 g/mol. The van der Waals surface area contributed by atoms with Gasteiger partial charge in [-0.05, 0) is 61.1 Å². The van der Waals surface area contributed by atoms with Crippen molar-refractivity contribution in [2.75, 3.05) is 12.4 Å². The molecule has 7 heteroatoms. The summed E-state index contributed by atoms with van der Waals surface area (Å²) in [7, 11) is 2.00. The summed E-state index contributed by atoms with van der Waals surface area (Å²) in [6, 6.07) is 6.33. The van der Waals surface area contributed by atoms with E-state index in [1.807, 2.05) is 30.4 Å². The number of aromatic nitrogens is 2. The molecule has 0 spiro atoms. The summed E-state index contributed by atoms with van der Waals surface area (Å²) in [5, 5.41) is 5.37. The van der Waals surface area contributed by atoms with Crippen molar-refractivity contribution in [3.05, 3.63) is 59.8 Å². The molecule has 2 aliphatic heterocycles. The fourth-order valence-corrected chi connectivity index (χ4v) is 3.92. The quantitative estimate of drug-likeness (QED) is 0.655. The van der Waals surface area contributed by atoms with Crippen LogP contribution < -0.4 is 21.6 Å². The normalized spacial score (nSPS) is 22.0. The minimum absolute atomic E-state index is 0.255. The van der Waals surface area contributed by atoms with E-state index in [1.165, 1.54) is 30.4 Å². The summed E-state index contributed by atoms with van der Waals surface area (Å²) in [6.45, 7) is 2.15. The number of hydrogen-bond acceptors (Lipinski definition) is 7. The van der Waals surface area contributed by atoms with Gasteiger partial charge in [0.05, 0.1) is 17.1 Å². The molecule has 0 radical (unpaired) electrons. The molecule has 4 heterocycles. The first-order chi connectivity index (χ1) is 13.7. The zero-order valence-electron chi connectivity index (χ0n) is 16.2. The highest BCUT2D eigenvalue weighted by Crippen LogP contribution is 2.34. The predicted molar refractivity (Wildman–Crippen MR) is 111 cm³/mol. The Morgan fingerprint density at radius 3 is 2.86 bits per heavy atom. The van der Waals surface area contributed by atoms with Crippen LogP contribution in [0.25, 0.3) is 16.6 Å². The topological polar surface area (TPSA) is 77.1 Å². The number of nitrogens with zero attached hydrogens (tertiary/aromatic N) is 3. The standard InChI is InChI=1S/C21H25N7/c1-13-17(12-28(2)27-13)16-8-19-18(22-10-16)6-7-20(24-19)25-21-9-15(11-23-26-21)14-4-3-5-14/h6-14,23,26-27H,3-5H2,1-2H3,(H,24,25). The van der Waals surface area contributed by atoms with Crippen LogP contribution in [0.2, 0.25) is 0 Å². The number of nitrogens with one attached hydrogen (secondary N) is 4. The Kier molecular flexibility index (Phi) is 4.16.